The van der Waals surface area contributed by atoms with E-state index >= 15 is 0 Å². The van der Waals surface area contributed by atoms with Gasteiger partial charge in [-0.2, -0.15) is 0 Å². The molecule has 1 aromatic carbocycles. The quantitative estimate of drug-likeness (QED) is 0.897. The van der Waals surface area contributed by atoms with E-state index in [1.165, 1.54) is 10.9 Å². The third-order valence-electron chi connectivity index (χ3n) is 3.77. The van der Waals surface area contributed by atoms with E-state index in [4.69, 9.17) is 10.5 Å². The number of hydrogen-bond acceptors (Lipinski definition) is 3. The van der Waals surface area contributed by atoms with Crippen molar-refractivity contribution in [2.45, 2.75) is 18.9 Å². The zero-order chi connectivity index (χ0) is 12.4. The van der Waals surface area contributed by atoms with E-state index in [9.17, 15) is 0 Å². The van der Waals surface area contributed by atoms with Gasteiger partial charge in [-0.05, 0) is 36.5 Å². The SMILES string of the molecule is NC(Cc1ccnc2ccccc12)C1CCOC1. The van der Waals surface area contributed by atoms with Crippen molar-refractivity contribution in [2.75, 3.05) is 13.2 Å². The van der Waals surface area contributed by atoms with Crippen molar-refractivity contribution >= 4 is 10.9 Å². The monoisotopic (exact) mass is 242 g/mol. The van der Waals surface area contributed by atoms with Crippen LogP contribution in [0.2, 0.25) is 0 Å². The van der Waals surface area contributed by atoms with Crippen molar-refractivity contribution in [1.82, 2.24) is 4.98 Å². The highest BCUT2D eigenvalue weighted by Crippen LogP contribution is 2.22. The Labute approximate surface area is 107 Å². The Morgan fingerprint density at radius 3 is 3.06 bits per heavy atom. The molecule has 1 aliphatic heterocycles. The van der Waals surface area contributed by atoms with Crippen LogP contribution in [0.1, 0.15) is 12.0 Å². The summed E-state index contributed by atoms with van der Waals surface area (Å²) < 4.78 is 5.41. The number of fused-ring (bicyclic) bond motifs is 1. The molecule has 1 saturated heterocycles. The van der Waals surface area contributed by atoms with Crippen LogP contribution in [0, 0.1) is 5.92 Å². The van der Waals surface area contributed by atoms with Crippen molar-refractivity contribution in [1.29, 1.82) is 0 Å². The summed E-state index contributed by atoms with van der Waals surface area (Å²) in [4.78, 5) is 4.38. The van der Waals surface area contributed by atoms with Crippen molar-refractivity contribution < 1.29 is 4.74 Å². The van der Waals surface area contributed by atoms with Gasteiger partial charge in [-0.3, -0.25) is 4.98 Å². The van der Waals surface area contributed by atoms with Crippen molar-refractivity contribution in [3.63, 3.8) is 0 Å². The summed E-state index contributed by atoms with van der Waals surface area (Å²) in [5.74, 6) is 0.497. The van der Waals surface area contributed by atoms with Gasteiger partial charge in [0.05, 0.1) is 12.1 Å². The van der Waals surface area contributed by atoms with Gasteiger partial charge in [-0.25, -0.2) is 0 Å². The van der Waals surface area contributed by atoms with Gasteiger partial charge in [0.25, 0.3) is 0 Å². The zero-order valence-electron chi connectivity index (χ0n) is 10.4. The molecule has 2 atom stereocenters. The molecule has 2 aromatic rings. The highest BCUT2D eigenvalue weighted by Gasteiger charge is 2.23. The molecule has 0 amide bonds. The highest BCUT2D eigenvalue weighted by atomic mass is 16.5. The average molecular weight is 242 g/mol. The summed E-state index contributed by atoms with van der Waals surface area (Å²) >= 11 is 0. The molecule has 3 heteroatoms. The molecule has 3 nitrogen and oxygen atoms in total. The topological polar surface area (TPSA) is 48.1 Å². The Morgan fingerprint density at radius 1 is 1.33 bits per heavy atom. The normalized spacial score (nSPS) is 21.3. The number of aromatic nitrogens is 1. The van der Waals surface area contributed by atoms with Crippen LogP contribution in [-0.2, 0) is 11.2 Å². The Bertz CT molecular complexity index is 530. The molecule has 0 aliphatic carbocycles. The summed E-state index contributed by atoms with van der Waals surface area (Å²) in [6.07, 6.45) is 3.86. The van der Waals surface area contributed by atoms with Gasteiger partial charge in [0, 0.05) is 24.2 Å². The second-order valence-corrected chi connectivity index (χ2v) is 4.98. The second-order valence-electron chi connectivity index (χ2n) is 4.98. The van der Waals surface area contributed by atoms with E-state index in [2.05, 4.69) is 23.2 Å². The smallest absolute Gasteiger partial charge is 0.0704 e. The van der Waals surface area contributed by atoms with Crippen LogP contribution in [0.4, 0.5) is 0 Å². The largest absolute Gasteiger partial charge is 0.381 e. The van der Waals surface area contributed by atoms with E-state index in [0.717, 1.165) is 31.6 Å². The van der Waals surface area contributed by atoms with Gasteiger partial charge in [0.2, 0.25) is 0 Å². The van der Waals surface area contributed by atoms with Crippen LogP contribution in [0.3, 0.4) is 0 Å². The molecule has 2 unspecified atom stereocenters. The van der Waals surface area contributed by atoms with E-state index in [1.54, 1.807) is 0 Å². The lowest BCUT2D eigenvalue weighted by Crippen LogP contribution is -2.32. The van der Waals surface area contributed by atoms with Crippen LogP contribution in [-0.4, -0.2) is 24.2 Å². The Balaban J connectivity index is 1.85. The van der Waals surface area contributed by atoms with Crippen molar-refractivity contribution in [3.05, 3.63) is 42.1 Å². The zero-order valence-corrected chi connectivity index (χ0v) is 10.4. The van der Waals surface area contributed by atoms with Gasteiger partial charge in [-0.15, -0.1) is 0 Å². The minimum absolute atomic E-state index is 0.179. The number of ether oxygens (including phenoxy) is 1. The lowest BCUT2D eigenvalue weighted by Gasteiger charge is -2.18. The van der Waals surface area contributed by atoms with Crippen LogP contribution < -0.4 is 5.73 Å². The van der Waals surface area contributed by atoms with Crippen LogP contribution in [0.5, 0.6) is 0 Å². The molecule has 1 aromatic heterocycles. The summed E-state index contributed by atoms with van der Waals surface area (Å²) in [6, 6.07) is 10.5. The first kappa shape index (κ1) is 11.6. The second kappa shape index (κ2) is 5.04. The lowest BCUT2D eigenvalue weighted by atomic mass is 9.92. The number of hydrogen-bond donors (Lipinski definition) is 1. The molecule has 0 radical (unpaired) electrons. The molecule has 18 heavy (non-hydrogen) atoms. The number of para-hydroxylation sites is 1. The standard InChI is InChI=1S/C15H18N2O/c16-14(12-6-8-18-10-12)9-11-5-7-17-15-4-2-1-3-13(11)15/h1-5,7,12,14H,6,8-10,16H2. The Hall–Kier alpha value is -1.45. The van der Waals surface area contributed by atoms with Crippen molar-refractivity contribution in [2.24, 2.45) is 11.7 Å². The molecular formula is C15H18N2O. The van der Waals surface area contributed by atoms with Gasteiger partial charge in [-0.1, -0.05) is 18.2 Å². The van der Waals surface area contributed by atoms with E-state index in [1.807, 2.05) is 18.3 Å². The number of nitrogens with zero attached hydrogens (tertiary/aromatic N) is 1. The number of nitrogens with two attached hydrogens (primary N) is 1. The van der Waals surface area contributed by atoms with Gasteiger partial charge in [0.1, 0.15) is 0 Å². The summed E-state index contributed by atoms with van der Waals surface area (Å²) in [5, 5.41) is 1.22. The molecule has 94 valence electrons. The molecule has 0 spiro atoms. The van der Waals surface area contributed by atoms with E-state index in [-0.39, 0.29) is 6.04 Å². The molecule has 1 aliphatic rings. The predicted octanol–water partition coefficient (Wildman–Crippen LogP) is 2.14. The summed E-state index contributed by atoms with van der Waals surface area (Å²) in [5.41, 5.74) is 8.64. The molecular weight excluding hydrogens is 224 g/mol. The number of benzene rings is 1. The average Bonchev–Trinajstić information content (AvgIpc) is 2.93. The van der Waals surface area contributed by atoms with Gasteiger partial charge >= 0.3 is 0 Å². The first-order chi connectivity index (χ1) is 8.84. The first-order valence-corrected chi connectivity index (χ1v) is 6.50. The van der Waals surface area contributed by atoms with E-state index in [0.29, 0.717) is 5.92 Å². The minimum atomic E-state index is 0.179. The van der Waals surface area contributed by atoms with Gasteiger partial charge < -0.3 is 10.5 Å². The fourth-order valence-electron chi connectivity index (χ4n) is 2.64. The fraction of sp³-hybridized carbons (Fsp3) is 0.400. The highest BCUT2D eigenvalue weighted by molar-refractivity contribution is 5.81. The Morgan fingerprint density at radius 2 is 2.22 bits per heavy atom. The van der Waals surface area contributed by atoms with Crippen LogP contribution >= 0.6 is 0 Å². The van der Waals surface area contributed by atoms with Crippen molar-refractivity contribution in [3.8, 4) is 0 Å². The van der Waals surface area contributed by atoms with Crippen LogP contribution in [0.25, 0.3) is 10.9 Å². The maximum Gasteiger partial charge on any atom is 0.0704 e. The maximum absolute atomic E-state index is 6.30. The third-order valence-corrected chi connectivity index (χ3v) is 3.77. The van der Waals surface area contributed by atoms with Gasteiger partial charge in [0.15, 0.2) is 0 Å². The third kappa shape index (κ3) is 2.24. The Kier molecular flexibility index (Phi) is 3.26. The minimum Gasteiger partial charge on any atom is -0.381 e. The summed E-state index contributed by atoms with van der Waals surface area (Å²) in [7, 11) is 0. The molecule has 2 N–H and O–H groups in total. The molecule has 1 fully saturated rings. The number of rotatable bonds is 3. The maximum atomic E-state index is 6.30. The number of pyridine rings is 1. The lowest BCUT2D eigenvalue weighted by molar-refractivity contribution is 0.180. The summed E-state index contributed by atoms with van der Waals surface area (Å²) in [6.45, 7) is 1.67. The molecule has 0 saturated carbocycles. The fourth-order valence-corrected chi connectivity index (χ4v) is 2.64. The van der Waals surface area contributed by atoms with Crippen LogP contribution in [0.15, 0.2) is 36.5 Å². The molecule has 2 heterocycles. The van der Waals surface area contributed by atoms with E-state index < -0.39 is 0 Å². The predicted molar refractivity (Wildman–Crippen MR) is 72.3 cm³/mol. The molecule has 3 rings (SSSR count). The first-order valence-electron chi connectivity index (χ1n) is 6.50. The molecule has 0 bridgehead atoms.